The maximum Gasteiger partial charge on any atom is 0.0117 e. The average molecular weight is 256 g/mol. The number of piperidine rings is 1. The molecule has 18 heavy (non-hydrogen) atoms. The van der Waals surface area contributed by atoms with Crippen LogP contribution in [-0.4, -0.2) is 49.1 Å². The van der Waals surface area contributed by atoms with Crippen LogP contribution in [0, 0.1) is 5.92 Å². The van der Waals surface area contributed by atoms with Crippen molar-refractivity contribution in [3.8, 4) is 0 Å². The smallest absolute Gasteiger partial charge is 0.0117 e. The van der Waals surface area contributed by atoms with Crippen molar-refractivity contribution in [1.29, 1.82) is 0 Å². The summed E-state index contributed by atoms with van der Waals surface area (Å²) in [6.45, 7) is 16.1. The Labute approximate surface area is 116 Å². The highest BCUT2D eigenvalue weighted by molar-refractivity contribution is 4.78. The summed E-state index contributed by atoms with van der Waals surface area (Å²) in [4.78, 5) is 5.21. The second-order valence-electron chi connectivity index (χ2n) is 5.76. The highest BCUT2D eigenvalue weighted by Gasteiger charge is 2.22. The van der Waals surface area contributed by atoms with Crippen LogP contribution in [0.15, 0.2) is 0 Å². The summed E-state index contributed by atoms with van der Waals surface area (Å²) in [5.74, 6) is 0.795. The number of rotatable bonds is 6. The Kier molecular flexibility index (Phi) is 10.8. The second kappa shape index (κ2) is 10.8. The van der Waals surface area contributed by atoms with Gasteiger partial charge in [-0.15, -0.1) is 0 Å². The zero-order valence-corrected chi connectivity index (χ0v) is 13.7. The molecule has 1 rings (SSSR count). The van der Waals surface area contributed by atoms with Crippen molar-refractivity contribution in [2.75, 3.05) is 33.2 Å². The largest absolute Gasteiger partial charge is 0.303 e. The summed E-state index contributed by atoms with van der Waals surface area (Å²) in [7, 11) is 2.30. The molecule has 0 bridgehead atoms. The van der Waals surface area contributed by atoms with Crippen LogP contribution < -0.4 is 0 Å². The SMILES string of the molecule is CC.CCCCN1CCC(N(C)CC(C)C)CC1. The number of likely N-dealkylation sites (tertiary alicyclic amines) is 1. The van der Waals surface area contributed by atoms with E-state index in [0.717, 1.165) is 12.0 Å². The summed E-state index contributed by atoms with van der Waals surface area (Å²) >= 11 is 0. The monoisotopic (exact) mass is 256 g/mol. The van der Waals surface area contributed by atoms with Gasteiger partial charge in [0.15, 0.2) is 0 Å². The lowest BCUT2D eigenvalue weighted by atomic mass is 10.0. The van der Waals surface area contributed by atoms with Crippen LogP contribution in [0.4, 0.5) is 0 Å². The van der Waals surface area contributed by atoms with E-state index < -0.39 is 0 Å². The summed E-state index contributed by atoms with van der Waals surface area (Å²) < 4.78 is 0. The maximum atomic E-state index is 2.64. The van der Waals surface area contributed by atoms with E-state index in [-0.39, 0.29) is 0 Å². The Hall–Kier alpha value is -0.0800. The molecule has 0 aromatic carbocycles. The molecular weight excluding hydrogens is 220 g/mol. The van der Waals surface area contributed by atoms with E-state index in [9.17, 15) is 0 Å². The van der Waals surface area contributed by atoms with Crippen LogP contribution in [0.3, 0.4) is 0 Å². The summed E-state index contributed by atoms with van der Waals surface area (Å²) in [6.07, 6.45) is 5.43. The highest BCUT2D eigenvalue weighted by Crippen LogP contribution is 2.16. The Morgan fingerprint density at radius 1 is 1.17 bits per heavy atom. The van der Waals surface area contributed by atoms with Gasteiger partial charge < -0.3 is 9.80 Å². The van der Waals surface area contributed by atoms with Gasteiger partial charge in [0.2, 0.25) is 0 Å². The first-order valence-electron chi connectivity index (χ1n) is 8.06. The molecule has 0 spiro atoms. The molecule has 0 N–H and O–H groups in total. The average Bonchev–Trinajstić information content (AvgIpc) is 2.38. The van der Waals surface area contributed by atoms with Crippen molar-refractivity contribution < 1.29 is 0 Å². The van der Waals surface area contributed by atoms with Gasteiger partial charge in [-0.2, -0.15) is 0 Å². The molecule has 1 aliphatic rings. The van der Waals surface area contributed by atoms with Gasteiger partial charge in [-0.05, 0) is 51.9 Å². The molecule has 1 aliphatic heterocycles. The van der Waals surface area contributed by atoms with Gasteiger partial charge in [-0.1, -0.05) is 41.0 Å². The van der Waals surface area contributed by atoms with Gasteiger partial charge in [0.05, 0.1) is 0 Å². The minimum Gasteiger partial charge on any atom is -0.303 e. The van der Waals surface area contributed by atoms with Gasteiger partial charge >= 0.3 is 0 Å². The van der Waals surface area contributed by atoms with Crippen LogP contribution in [0.2, 0.25) is 0 Å². The van der Waals surface area contributed by atoms with Crippen LogP contribution in [0.25, 0.3) is 0 Å². The molecule has 0 aromatic heterocycles. The molecule has 0 amide bonds. The molecule has 2 heteroatoms. The van der Waals surface area contributed by atoms with Crippen molar-refractivity contribution in [3.63, 3.8) is 0 Å². The van der Waals surface area contributed by atoms with Gasteiger partial charge in [-0.25, -0.2) is 0 Å². The topological polar surface area (TPSA) is 6.48 Å². The van der Waals surface area contributed by atoms with Gasteiger partial charge in [0.25, 0.3) is 0 Å². The number of unbranched alkanes of at least 4 members (excludes halogenated alkanes) is 1. The molecule has 2 nitrogen and oxygen atoms in total. The molecule has 0 saturated carbocycles. The summed E-state index contributed by atoms with van der Waals surface area (Å²) in [6, 6.07) is 0.834. The van der Waals surface area contributed by atoms with E-state index in [2.05, 4.69) is 37.6 Å². The van der Waals surface area contributed by atoms with Gasteiger partial charge in [-0.3, -0.25) is 0 Å². The van der Waals surface area contributed by atoms with Crippen molar-refractivity contribution >= 4 is 0 Å². The molecule has 110 valence electrons. The number of hydrogen-bond donors (Lipinski definition) is 0. The molecule has 0 unspecified atom stereocenters. The Bertz CT molecular complexity index is 172. The Morgan fingerprint density at radius 3 is 2.17 bits per heavy atom. The maximum absolute atomic E-state index is 2.64. The van der Waals surface area contributed by atoms with E-state index in [4.69, 9.17) is 0 Å². The fraction of sp³-hybridized carbons (Fsp3) is 1.00. The van der Waals surface area contributed by atoms with Crippen molar-refractivity contribution in [3.05, 3.63) is 0 Å². The third-order valence-corrected chi connectivity index (χ3v) is 3.66. The van der Waals surface area contributed by atoms with Crippen LogP contribution in [0.5, 0.6) is 0 Å². The predicted molar refractivity (Wildman–Crippen MR) is 83.2 cm³/mol. The Morgan fingerprint density at radius 2 is 1.72 bits per heavy atom. The van der Waals surface area contributed by atoms with Gasteiger partial charge in [0.1, 0.15) is 0 Å². The minimum atomic E-state index is 0.795. The van der Waals surface area contributed by atoms with Crippen LogP contribution in [-0.2, 0) is 0 Å². The first-order valence-corrected chi connectivity index (χ1v) is 8.06. The fourth-order valence-corrected chi connectivity index (χ4v) is 2.69. The molecule has 1 saturated heterocycles. The molecule has 0 aromatic rings. The lowest BCUT2D eigenvalue weighted by molar-refractivity contribution is 0.118. The molecular formula is C16H36N2. The standard InChI is InChI=1S/C14H30N2.C2H6/c1-5-6-9-16-10-7-14(8-11-16)15(4)12-13(2)3;1-2/h13-14H,5-12H2,1-4H3;1-2H3. The zero-order chi connectivity index (χ0) is 14.0. The number of hydrogen-bond acceptors (Lipinski definition) is 2. The van der Waals surface area contributed by atoms with Crippen LogP contribution >= 0.6 is 0 Å². The Balaban J connectivity index is 0.00000137. The first kappa shape index (κ1) is 17.9. The molecule has 0 atom stereocenters. The fourth-order valence-electron chi connectivity index (χ4n) is 2.69. The molecule has 0 radical (unpaired) electrons. The summed E-state index contributed by atoms with van der Waals surface area (Å²) in [5, 5.41) is 0. The molecule has 0 aliphatic carbocycles. The molecule has 1 fully saturated rings. The first-order chi connectivity index (χ1) is 8.63. The predicted octanol–water partition coefficient (Wildman–Crippen LogP) is 3.86. The van der Waals surface area contributed by atoms with Gasteiger partial charge in [0, 0.05) is 12.6 Å². The molecule has 1 heterocycles. The minimum absolute atomic E-state index is 0.795. The van der Waals surface area contributed by atoms with Crippen molar-refractivity contribution in [2.24, 2.45) is 5.92 Å². The van der Waals surface area contributed by atoms with Crippen LogP contribution in [0.1, 0.15) is 60.3 Å². The van der Waals surface area contributed by atoms with Crippen molar-refractivity contribution in [2.45, 2.75) is 66.3 Å². The van der Waals surface area contributed by atoms with E-state index in [1.54, 1.807) is 0 Å². The van der Waals surface area contributed by atoms with E-state index >= 15 is 0 Å². The van der Waals surface area contributed by atoms with E-state index in [1.807, 2.05) is 13.8 Å². The third kappa shape index (κ3) is 7.38. The zero-order valence-electron chi connectivity index (χ0n) is 13.7. The third-order valence-electron chi connectivity index (χ3n) is 3.66. The highest BCUT2D eigenvalue weighted by atomic mass is 15.2. The van der Waals surface area contributed by atoms with E-state index in [0.29, 0.717) is 0 Å². The van der Waals surface area contributed by atoms with Crippen molar-refractivity contribution in [1.82, 2.24) is 9.80 Å². The summed E-state index contributed by atoms with van der Waals surface area (Å²) in [5.41, 5.74) is 0. The second-order valence-corrected chi connectivity index (χ2v) is 5.76. The van der Waals surface area contributed by atoms with E-state index in [1.165, 1.54) is 51.9 Å². The normalized spacial score (nSPS) is 18.0. The quantitative estimate of drug-likeness (QED) is 0.712. The lowest BCUT2D eigenvalue weighted by Crippen LogP contribution is -2.44. The number of nitrogens with zero attached hydrogens (tertiary/aromatic N) is 2. The lowest BCUT2D eigenvalue weighted by Gasteiger charge is -2.37.